The molecular weight excluding hydrogens is 568 g/mol. The van der Waals surface area contributed by atoms with E-state index in [1.165, 1.54) is 0 Å². The fraction of sp³-hybridized carbons (Fsp3) is 0.517. The van der Waals surface area contributed by atoms with Gasteiger partial charge in [0.1, 0.15) is 19.9 Å². The van der Waals surface area contributed by atoms with Crippen molar-refractivity contribution in [3.63, 3.8) is 0 Å². The predicted octanol–water partition coefficient (Wildman–Crippen LogP) is 6.42. The van der Waals surface area contributed by atoms with Gasteiger partial charge in [-0.3, -0.25) is 13.8 Å². The van der Waals surface area contributed by atoms with Gasteiger partial charge in [-0.25, -0.2) is 4.39 Å². The first-order chi connectivity index (χ1) is 19.4. The van der Waals surface area contributed by atoms with Crippen molar-refractivity contribution in [3.05, 3.63) is 71.8 Å². The number of alkyl halides is 4. The van der Waals surface area contributed by atoms with Gasteiger partial charge in [-0.2, -0.15) is 21.6 Å². The molecular formula is C29H34F4O7S. The van der Waals surface area contributed by atoms with Gasteiger partial charge >= 0.3 is 27.6 Å². The molecule has 2 saturated carbocycles. The number of hydrogen-bond donors (Lipinski definition) is 0. The van der Waals surface area contributed by atoms with Crippen molar-refractivity contribution in [2.24, 2.45) is 10.8 Å². The van der Waals surface area contributed by atoms with E-state index >= 15 is 0 Å². The third kappa shape index (κ3) is 8.75. The second kappa shape index (κ2) is 14.3. The summed E-state index contributed by atoms with van der Waals surface area (Å²) in [5.41, 5.74) is -6.06. The van der Waals surface area contributed by atoms with Gasteiger partial charge in [-0.15, -0.1) is 0 Å². The second-order valence-electron chi connectivity index (χ2n) is 10.4. The summed E-state index contributed by atoms with van der Waals surface area (Å²) in [7, 11) is -5.73. The van der Waals surface area contributed by atoms with E-state index in [0.717, 1.165) is 24.0 Å². The lowest BCUT2D eigenvalue weighted by molar-refractivity contribution is -0.159. The first kappa shape index (κ1) is 32.5. The van der Waals surface area contributed by atoms with Crippen molar-refractivity contribution in [3.8, 4) is 0 Å². The third-order valence-corrected chi connectivity index (χ3v) is 8.44. The number of carbonyl (C=O) groups is 2. The van der Waals surface area contributed by atoms with Crippen molar-refractivity contribution < 1.29 is 49.2 Å². The van der Waals surface area contributed by atoms with Crippen molar-refractivity contribution in [1.29, 1.82) is 0 Å². The van der Waals surface area contributed by atoms with Gasteiger partial charge in [0.25, 0.3) is 0 Å². The molecule has 0 atom stereocenters. The molecule has 0 radical (unpaired) electrons. The van der Waals surface area contributed by atoms with E-state index in [-0.39, 0.29) is 32.0 Å². The van der Waals surface area contributed by atoms with Crippen LogP contribution < -0.4 is 0 Å². The Morgan fingerprint density at radius 1 is 0.707 bits per heavy atom. The van der Waals surface area contributed by atoms with E-state index in [1.807, 2.05) is 30.3 Å². The van der Waals surface area contributed by atoms with Crippen LogP contribution in [-0.2, 0) is 46.6 Å². The Kier molecular flexibility index (Phi) is 11.3. The molecule has 2 aromatic rings. The summed E-state index contributed by atoms with van der Waals surface area (Å²) < 4.78 is 86.8. The largest absolute Gasteiger partial charge is 0.523 e. The van der Waals surface area contributed by atoms with Gasteiger partial charge in [0.15, 0.2) is 0 Å². The summed E-state index contributed by atoms with van der Waals surface area (Å²) in [6.07, 6.45) is 4.73. The molecule has 0 spiro atoms. The molecule has 12 heteroatoms. The number of rotatable bonds is 10. The minimum absolute atomic E-state index is 0.0343. The summed E-state index contributed by atoms with van der Waals surface area (Å²) in [6, 6.07) is 18.3. The molecule has 7 nitrogen and oxygen atoms in total. The Morgan fingerprint density at radius 2 is 1.10 bits per heavy atom. The lowest BCUT2D eigenvalue weighted by Gasteiger charge is -2.26. The van der Waals surface area contributed by atoms with Crippen LogP contribution in [0.4, 0.5) is 17.6 Å². The van der Waals surface area contributed by atoms with E-state index in [4.69, 9.17) is 9.47 Å². The topological polar surface area (TPSA) is 96.0 Å². The van der Waals surface area contributed by atoms with E-state index < -0.39 is 45.7 Å². The third-order valence-electron chi connectivity index (χ3n) is 7.44. The molecule has 0 aromatic heterocycles. The zero-order valence-corrected chi connectivity index (χ0v) is 23.4. The van der Waals surface area contributed by atoms with E-state index in [2.05, 4.69) is 4.18 Å². The Hall–Kier alpha value is -2.99. The highest BCUT2D eigenvalue weighted by molar-refractivity contribution is 7.87. The van der Waals surface area contributed by atoms with Gasteiger partial charge in [-0.1, -0.05) is 86.3 Å². The number of benzene rings is 2. The maximum Gasteiger partial charge on any atom is 0.523 e. The highest BCUT2D eigenvalue weighted by Gasteiger charge is 2.51. The lowest BCUT2D eigenvalue weighted by Crippen LogP contribution is -2.38. The standard InChI is InChI=1S/C15H17F3O5S.C14H17FO2/c16-15(17,18)24(20,21)23-11-14(8-4-5-9-14)13(19)22-10-12-6-2-1-3-7-12;15-11-14(8-4-5-9-14)13(16)17-10-12-6-2-1-3-7-12/h1-3,6-7H,4-5,8-11H2;1-3,6-7H,4-5,8-11H2. The molecule has 0 unspecified atom stereocenters. The van der Waals surface area contributed by atoms with Crippen LogP contribution in [0.5, 0.6) is 0 Å². The van der Waals surface area contributed by atoms with Crippen molar-refractivity contribution in [2.75, 3.05) is 13.3 Å². The Bertz CT molecular complexity index is 1220. The first-order valence-electron chi connectivity index (χ1n) is 13.4. The van der Waals surface area contributed by atoms with Crippen molar-refractivity contribution in [2.45, 2.75) is 70.1 Å². The number of hydrogen-bond acceptors (Lipinski definition) is 7. The van der Waals surface area contributed by atoms with Gasteiger partial charge in [0, 0.05) is 0 Å². The minimum atomic E-state index is -5.73. The molecule has 2 aliphatic rings. The SMILES string of the molecule is O=C(OCc1ccccc1)C1(CF)CCCC1.O=C(OCc1ccccc1)C1(COS(=O)(=O)C(F)(F)F)CCCC1. The first-order valence-corrected chi connectivity index (χ1v) is 14.8. The summed E-state index contributed by atoms with van der Waals surface area (Å²) >= 11 is 0. The Morgan fingerprint density at radius 3 is 1.49 bits per heavy atom. The van der Waals surface area contributed by atoms with Crippen LogP contribution in [0.2, 0.25) is 0 Å². The van der Waals surface area contributed by atoms with Crippen LogP contribution in [0.25, 0.3) is 0 Å². The maximum absolute atomic E-state index is 13.0. The number of esters is 2. The molecule has 41 heavy (non-hydrogen) atoms. The van der Waals surface area contributed by atoms with Crippen LogP contribution >= 0.6 is 0 Å². The fourth-order valence-corrected chi connectivity index (χ4v) is 5.43. The van der Waals surface area contributed by atoms with E-state index in [1.54, 1.807) is 30.3 Å². The van der Waals surface area contributed by atoms with E-state index in [0.29, 0.717) is 25.7 Å². The Balaban J connectivity index is 0.000000239. The van der Waals surface area contributed by atoms with E-state index in [9.17, 15) is 35.6 Å². The molecule has 0 bridgehead atoms. The molecule has 226 valence electrons. The van der Waals surface area contributed by atoms with Crippen LogP contribution in [0.1, 0.15) is 62.5 Å². The average Bonchev–Trinajstić information content (AvgIpc) is 3.66. The predicted molar refractivity (Wildman–Crippen MR) is 141 cm³/mol. The number of ether oxygens (including phenoxy) is 2. The quantitative estimate of drug-likeness (QED) is 0.134. The molecule has 2 fully saturated rings. The fourth-order valence-electron chi connectivity index (χ4n) is 4.91. The van der Waals surface area contributed by atoms with Crippen molar-refractivity contribution in [1.82, 2.24) is 0 Å². The molecule has 2 aromatic carbocycles. The maximum atomic E-state index is 13.0. The van der Waals surface area contributed by atoms with Crippen LogP contribution in [0.15, 0.2) is 60.7 Å². The van der Waals surface area contributed by atoms with Crippen molar-refractivity contribution >= 4 is 22.1 Å². The molecule has 0 amide bonds. The lowest BCUT2D eigenvalue weighted by atomic mass is 9.87. The molecule has 0 N–H and O–H groups in total. The minimum Gasteiger partial charge on any atom is -0.460 e. The van der Waals surface area contributed by atoms with Crippen LogP contribution in [0.3, 0.4) is 0 Å². The Labute approximate surface area is 237 Å². The molecule has 2 aliphatic carbocycles. The highest BCUT2D eigenvalue weighted by atomic mass is 32.2. The summed E-state index contributed by atoms with van der Waals surface area (Å²) in [5.74, 6) is -1.11. The number of carbonyl (C=O) groups excluding carboxylic acids is 2. The van der Waals surface area contributed by atoms with Gasteiger partial charge in [0.05, 0.1) is 17.4 Å². The zero-order chi connectivity index (χ0) is 30.0. The molecule has 0 aliphatic heterocycles. The number of halogens is 4. The highest BCUT2D eigenvalue weighted by Crippen LogP contribution is 2.41. The second-order valence-corrected chi connectivity index (χ2v) is 12.0. The normalized spacial score (nSPS) is 17.8. The molecule has 4 rings (SSSR count). The van der Waals surface area contributed by atoms with Crippen LogP contribution in [-0.4, -0.2) is 39.1 Å². The molecule has 0 saturated heterocycles. The monoisotopic (exact) mass is 602 g/mol. The molecule has 0 heterocycles. The van der Waals surface area contributed by atoms with Crippen LogP contribution in [0, 0.1) is 10.8 Å². The summed E-state index contributed by atoms with van der Waals surface area (Å²) in [5, 5.41) is 0. The smallest absolute Gasteiger partial charge is 0.460 e. The van der Waals surface area contributed by atoms with Gasteiger partial charge in [0.2, 0.25) is 0 Å². The van der Waals surface area contributed by atoms with Gasteiger partial charge < -0.3 is 9.47 Å². The zero-order valence-electron chi connectivity index (χ0n) is 22.5. The summed E-state index contributed by atoms with van der Waals surface area (Å²) in [4.78, 5) is 24.2. The summed E-state index contributed by atoms with van der Waals surface area (Å²) in [6.45, 7) is -1.25. The van der Waals surface area contributed by atoms with Gasteiger partial charge in [-0.05, 0) is 36.8 Å². The average molecular weight is 603 g/mol.